The Morgan fingerprint density at radius 3 is 2.24 bits per heavy atom. The van der Waals surface area contributed by atoms with E-state index >= 15 is 0 Å². The largest absolute Gasteiger partial charge is 0.387 e. The summed E-state index contributed by atoms with van der Waals surface area (Å²) in [5.41, 5.74) is 1.99. The van der Waals surface area contributed by atoms with Crippen LogP contribution in [0.3, 0.4) is 0 Å². The van der Waals surface area contributed by atoms with Gasteiger partial charge in [-0.2, -0.15) is 0 Å². The minimum atomic E-state index is -0.800. The summed E-state index contributed by atoms with van der Waals surface area (Å²) < 4.78 is 21.8. The number of ether oxygens (including phenoxy) is 3. The fourth-order valence-electron chi connectivity index (χ4n) is 11.8. The lowest BCUT2D eigenvalue weighted by molar-refractivity contribution is -0.208. The predicted molar refractivity (Wildman–Crippen MR) is 193 cm³/mol. The van der Waals surface area contributed by atoms with Crippen molar-refractivity contribution in [1.82, 2.24) is 0 Å². The summed E-state index contributed by atoms with van der Waals surface area (Å²) in [5.74, 6) is 3.22. The molecule has 2 aromatic rings. The quantitative estimate of drug-likeness (QED) is 0.195. The number of rotatable bonds is 10. The van der Waals surface area contributed by atoms with E-state index in [-0.39, 0.29) is 35.1 Å². The van der Waals surface area contributed by atoms with Crippen LogP contribution in [0.4, 0.5) is 0 Å². The van der Waals surface area contributed by atoms with Gasteiger partial charge in [-0.05, 0) is 116 Å². The van der Waals surface area contributed by atoms with Crippen molar-refractivity contribution in [3.05, 3.63) is 71.8 Å². The van der Waals surface area contributed by atoms with E-state index in [1.807, 2.05) is 0 Å². The highest BCUT2D eigenvalue weighted by atomic mass is 127. The summed E-state index contributed by atoms with van der Waals surface area (Å²) in [5, 5.41) is 12.3. The van der Waals surface area contributed by atoms with Crippen molar-refractivity contribution in [2.45, 2.75) is 129 Å². The molecule has 0 bridgehead atoms. The monoisotopic (exact) mass is 740 g/mol. The second-order valence-electron chi connectivity index (χ2n) is 16.8. The molecule has 0 unspecified atom stereocenters. The lowest BCUT2D eigenvalue weighted by atomic mass is 9.43. The van der Waals surface area contributed by atoms with Crippen molar-refractivity contribution in [2.75, 3.05) is 4.43 Å². The molecule has 252 valence electrons. The van der Waals surface area contributed by atoms with Crippen LogP contribution in [0.25, 0.3) is 0 Å². The smallest absolute Gasteiger partial charge is 0.0938 e. The van der Waals surface area contributed by atoms with Gasteiger partial charge in [0.25, 0.3) is 0 Å². The second kappa shape index (κ2) is 13.4. The average molecular weight is 741 g/mol. The predicted octanol–water partition coefficient (Wildman–Crippen LogP) is 9.41. The van der Waals surface area contributed by atoms with E-state index in [9.17, 15) is 5.11 Å². The van der Waals surface area contributed by atoms with Crippen LogP contribution in [0.1, 0.15) is 96.6 Å². The molecule has 0 amide bonds. The normalized spacial score (nSPS) is 43.7. The van der Waals surface area contributed by atoms with Crippen LogP contribution in [-0.4, -0.2) is 39.6 Å². The zero-order chi connectivity index (χ0) is 32.1. The molecular weight excluding hydrogens is 683 g/mol. The SMILES string of the molecule is C[C@@H](CI)CC[C@@H]1O[C@H]2C[C@H]3[C@@H]4CC[C@H]5C[C@H](OCc6ccccc6)CC[C@]5(C)[C@H]4[C@@H](OCc4ccccc4)C[C@]3(C)[C@H]2[C@@]1(C)O. The van der Waals surface area contributed by atoms with E-state index in [4.69, 9.17) is 14.2 Å². The first kappa shape index (κ1) is 33.5. The minimum Gasteiger partial charge on any atom is -0.387 e. The van der Waals surface area contributed by atoms with Gasteiger partial charge in [-0.1, -0.05) is 104 Å². The molecule has 5 heteroatoms. The molecule has 1 aliphatic heterocycles. The maximum Gasteiger partial charge on any atom is 0.0938 e. The third kappa shape index (κ3) is 6.05. The number of hydrogen-bond acceptors (Lipinski definition) is 4. The molecular formula is C41H57IO4. The van der Waals surface area contributed by atoms with Crippen molar-refractivity contribution in [3.63, 3.8) is 0 Å². The van der Waals surface area contributed by atoms with Crippen molar-refractivity contribution in [2.24, 2.45) is 46.3 Å². The Bertz CT molecular complexity index is 1300. The van der Waals surface area contributed by atoms with Crippen molar-refractivity contribution >= 4 is 22.6 Å². The Morgan fingerprint density at radius 1 is 0.891 bits per heavy atom. The Labute approximate surface area is 291 Å². The fraction of sp³-hybridized carbons (Fsp3) is 0.707. The van der Waals surface area contributed by atoms with E-state index in [2.05, 4.69) is 111 Å². The van der Waals surface area contributed by atoms with Gasteiger partial charge in [-0.3, -0.25) is 0 Å². The van der Waals surface area contributed by atoms with Crippen LogP contribution in [0.15, 0.2) is 60.7 Å². The van der Waals surface area contributed by atoms with Crippen LogP contribution >= 0.6 is 22.6 Å². The third-order valence-corrected chi connectivity index (χ3v) is 15.5. The van der Waals surface area contributed by atoms with Crippen LogP contribution in [0.5, 0.6) is 0 Å². The lowest BCUT2D eigenvalue weighted by Crippen LogP contribution is -2.61. The summed E-state index contributed by atoms with van der Waals surface area (Å²) >= 11 is 2.49. The molecule has 5 fully saturated rings. The van der Waals surface area contributed by atoms with Crippen LogP contribution in [0, 0.1) is 46.3 Å². The maximum absolute atomic E-state index is 12.3. The van der Waals surface area contributed by atoms with Crippen LogP contribution in [0.2, 0.25) is 0 Å². The number of benzene rings is 2. The minimum absolute atomic E-state index is 0.0134. The molecule has 2 aromatic carbocycles. The summed E-state index contributed by atoms with van der Waals surface area (Å²) in [6.07, 6.45) is 10.9. The highest BCUT2D eigenvalue weighted by Gasteiger charge is 2.71. The zero-order valence-corrected chi connectivity index (χ0v) is 30.7. The Balaban J connectivity index is 1.13. The van der Waals surface area contributed by atoms with Gasteiger partial charge < -0.3 is 19.3 Å². The topological polar surface area (TPSA) is 47.9 Å². The van der Waals surface area contributed by atoms with Crippen molar-refractivity contribution < 1.29 is 19.3 Å². The molecule has 1 saturated heterocycles. The van der Waals surface area contributed by atoms with E-state index in [0.717, 1.165) is 36.5 Å². The summed E-state index contributed by atoms with van der Waals surface area (Å²) in [4.78, 5) is 0. The molecule has 0 aromatic heterocycles. The van der Waals surface area contributed by atoms with Gasteiger partial charge in [0.05, 0.1) is 43.2 Å². The number of alkyl halides is 1. The van der Waals surface area contributed by atoms with Gasteiger partial charge in [0.1, 0.15) is 0 Å². The van der Waals surface area contributed by atoms with Crippen LogP contribution in [-0.2, 0) is 27.4 Å². The van der Waals surface area contributed by atoms with Crippen molar-refractivity contribution in [1.29, 1.82) is 0 Å². The molecule has 4 saturated carbocycles. The summed E-state index contributed by atoms with van der Waals surface area (Å²) in [6, 6.07) is 21.4. The summed E-state index contributed by atoms with van der Waals surface area (Å²) in [6.45, 7) is 11.0. The highest BCUT2D eigenvalue weighted by Crippen LogP contribution is 2.71. The Morgan fingerprint density at radius 2 is 1.57 bits per heavy atom. The average Bonchev–Trinajstić information content (AvgIpc) is 3.51. The lowest BCUT2D eigenvalue weighted by Gasteiger charge is -2.63. The van der Waals surface area contributed by atoms with Gasteiger partial charge in [-0.25, -0.2) is 0 Å². The molecule has 46 heavy (non-hydrogen) atoms. The van der Waals surface area contributed by atoms with Gasteiger partial charge in [-0.15, -0.1) is 0 Å². The molecule has 4 aliphatic carbocycles. The number of halogens is 1. The molecule has 1 N–H and O–H groups in total. The molecule has 4 nitrogen and oxygen atoms in total. The maximum atomic E-state index is 12.3. The number of fused-ring (bicyclic) bond motifs is 7. The fourth-order valence-corrected chi connectivity index (χ4v) is 12.2. The van der Waals surface area contributed by atoms with Gasteiger partial charge in [0.15, 0.2) is 0 Å². The van der Waals surface area contributed by atoms with E-state index in [1.54, 1.807) is 0 Å². The van der Waals surface area contributed by atoms with Crippen molar-refractivity contribution in [3.8, 4) is 0 Å². The van der Waals surface area contributed by atoms with Gasteiger partial charge in [0, 0.05) is 10.3 Å². The van der Waals surface area contributed by atoms with Gasteiger partial charge >= 0.3 is 0 Å². The number of hydrogen-bond donors (Lipinski definition) is 1. The molecule has 13 atom stereocenters. The first-order valence-corrected chi connectivity index (χ1v) is 19.9. The molecule has 1 heterocycles. The van der Waals surface area contributed by atoms with Gasteiger partial charge in [0.2, 0.25) is 0 Å². The molecule has 0 spiro atoms. The van der Waals surface area contributed by atoms with E-state index in [0.29, 0.717) is 48.9 Å². The number of aliphatic hydroxyl groups is 1. The third-order valence-electron chi connectivity index (χ3n) is 14.0. The Kier molecular flexibility index (Phi) is 9.74. The standard InChI is InChI=1S/C41H57IO4/c1-27(24-42)15-18-36-41(4,43)38-34(46-36)22-33-32-17-16-30-21-31(44-25-28-11-7-5-8-12-28)19-20-39(30,2)37(32)35(23-40(33,38)3)45-26-29-13-9-6-10-14-29/h5-14,27,30-38,43H,15-26H2,1-4H3/t27-,30+,31-,32+,33+,34+,35+,36+,37-,38+,39+,40+,41+/m1/s1. The first-order valence-electron chi connectivity index (χ1n) is 18.4. The second-order valence-corrected chi connectivity index (χ2v) is 17.6. The highest BCUT2D eigenvalue weighted by molar-refractivity contribution is 14.1. The first-order chi connectivity index (χ1) is 22.1. The molecule has 7 rings (SSSR count). The molecule has 0 radical (unpaired) electrons. The zero-order valence-electron chi connectivity index (χ0n) is 28.6. The Hall–Kier alpha value is -0.990. The van der Waals surface area contributed by atoms with Crippen LogP contribution < -0.4 is 0 Å². The van der Waals surface area contributed by atoms with E-state index in [1.165, 1.54) is 36.8 Å². The molecule has 5 aliphatic rings. The van der Waals surface area contributed by atoms with E-state index < -0.39 is 5.60 Å². The summed E-state index contributed by atoms with van der Waals surface area (Å²) in [7, 11) is 0.